The molecule has 1 saturated heterocycles. The molecule has 1 aliphatic heterocycles. The smallest absolute Gasteiger partial charge is 0.291 e. The van der Waals surface area contributed by atoms with Crippen LogP contribution in [0.15, 0.2) is 16.9 Å². The molecule has 1 amide bonds. The summed E-state index contributed by atoms with van der Waals surface area (Å²) >= 11 is 3.29. The summed E-state index contributed by atoms with van der Waals surface area (Å²) in [6.07, 6.45) is 4.26. The van der Waals surface area contributed by atoms with Crippen LogP contribution in [-0.2, 0) is 0 Å². The summed E-state index contributed by atoms with van der Waals surface area (Å²) in [5.41, 5.74) is 0. The highest BCUT2D eigenvalue weighted by molar-refractivity contribution is 9.10. The monoisotopic (exact) mass is 310 g/mol. The summed E-state index contributed by atoms with van der Waals surface area (Å²) in [7, 11) is 0. The Balaban J connectivity index is 1.82. The van der Waals surface area contributed by atoms with Gasteiger partial charge in [-0.15, -0.1) is 5.10 Å². The molecule has 1 unspecified atom stereocenters. The molecule has 0 aliphatic carbocycles. The Morgan fingerprint density at radius 2 is 2.50 bits per heavy atom. The summed E-state index contributed by atoms with van der Waals surface area (Å²) in [5.74, 6) is 0.297. The fourth-order valence-corrected chi connectivity index (χ4v) is 2.18. The first-order chi connectivity index (χ1) is 8.72. The Bertz CT molecular complexity index is 591. The Morgan fingerprint density at radius 3 is 3.28 bits per heavy atom. The topological polar surface area (TPSA) is 84.2 Å². The molecule has 94 valence electrons. The number of aromatic nitrogens is 4. The minimum absolute atomic E-state index is 0.146. The molecule has 2 aromatic rings. The molecule has 18 heavy (non-hydrogen) atoms. The number of nitrogens with one attached hydrogen (secondary N) is 2. The van der Waals surface area contributed by atoms with Crippen LogP contribution in [0.25, 0.3) is 5.78 Å². The summed E-state index contributed by atoms with van der Waals surface area (Å²) < 4.78 is 2.26. The van der Waals surface area contributed by atoms with Crippen molar-refractivity contribution in [1.29, 1.82) is 0 Å². The van der Waals surface area contributed by atoms with Gasteiger partial charge in [0.2, 0.25) is 5.82 Å². The predicted molar refractivity (Wildman–Crippen MR) is 67.2 cm³/mol. The van der Waals surface area contributed by atoms with Crippen LogP contribution in [0, 0.1) is 0 Å². The van der Waals surface area contributed by atoms with Gasteiger partial charge in [0.1, 0.15) is 0 Å². The van der Waals surface area contributed by atoms with Gasteiger partial charge in [0, 0.05) is 25.0 Å². The van der Waals surface area contributed by atoms with Gasteiger partial charge >= 0.3 is 0 Å². The summed E-state index contributed by atoms with van der Waals surface area (Å²) in [4.78, 5) is 20.1. The molecule has 7 nitrogen and oxygen atoms in total. The van der Waals surface area contributed by atoms with Gasteiger partial charge < -0.3 is 10.6 Å². The first-order valence-corrected chi connectivity index (χ1v) is 6.41. The normalized spacial score (nSPS) is 19.3. The van der Waals surface area contributed by atoms with E-state index in [1.165, 1.54) is 4.52 Å². The van der Waals surface area contributed by atoms with Crippen LogP contribution >= 0.6 is 15.9 Å². The van der Waals surface area contributed by atoms with E-state index in [9.17, 15) is 4.79 Å². The standard InChI is InChI=1S/C10H11BrN6O/c11-6-3-13-10-15-8(16-17(10)5-6)9(18)14-7-1-2-12-4-7/h3,5,7,12H,1-2,4H2,(H,14,18). The van der Waals surface area contributed by atoms with E-state index in [-0.39, 0.29) is 17.8 Å². The lowest BCUT2D eigenvalue weighted by Crippen LogP contribution is -2.36. The fraction of sp³-hybridized carbons (Fsp3) is 0.400. The van der Waals surface area contributed by atoms with Gasteiger partial charge in [0.15, 0.2) is 0 Å². The van der Waals surface area contributed by atoms with Gasteiger partial charge in [-0.2, -0.15) is 4.98 Å². The molecule has 0 aromatic carbocycles. The molecule has 8 heteroatoms. The van der Waals surface area contributed by atoms with Crippen molar-refractivity contribution in [2.45, 2.75) is 12.5 Å². The van der Waals surface area contributed by atoms with Crippen LogP contribution in [0.2, 0.25) is 0 Å². The lowest BCUT2D eigenvalue weighted by molar-refractivity contribution is 0.0930. The lowest BCUT2D eigenvalue weighted by Gasteiger charge is -2.08. The Hall–Kier alpha value is -1.54. The number of halogens is 1. The zero-order chi connectivity index (χ0) is 12.5. The number of hydrogen-bond donors (Lipinski definition) is 2. The van der Waals surface area contributed by atoms with Crippen molar-refractivity contribution in [3.63, 3.8) is 0 Å². The molecule has 1 fully saturated rings. The summed E-state index contributed by atoms with van der Waals surface area (Å²) in [6, 6.07) is 0.156. The highest BCUT2D eigenvalue weighted by Gasteiger charge is 2.20. The van der Waals surface area contributed by atoms with Gasteiger partial charge in [0.25, 0.3) is 11.7 Å². The third kappa shape index (κ3) is 2.21. The van der Waals surface area contributed by atoms with Crippen LogP contribution in [0.4, 0.5) is 0 Å². The van der Waals surface area contributed by atoms with E-state index >= 15 is 0 Å². The average Bonchev–Trinajstić information content (AvgIpc) is 2.96. The Labute approximate surface area is 111 Å². The van der Waals surface area contributed by atoms with Crippen molar-refractivity contribution in [3.05, 3.63) is 22.7 Å². The van der Waals surface area contributed by atoms with E-state index in [2.05, 4.69) is 41.6 Å². The van der Waals surface area contributed by atoms with E-state index < -0.39 is 0 Å². The Kier molecular flexibility index (Phi) is 2.96. The molecule has 0 saturated carbocycles. The number of fused-ring (bicyclic) bond motifs is 1. The lowest BCUT2D eigenvalue weighted by atomic mass is 10.2. The third-order valence-corrected chi connectivity index (χ3v) is 3.17. The maximum absolute atomic E-state index is 11.9. The Morgan fingerprint density at radius 1 is 1.61 bits per heavy atom. The number of hydrogen-bond acceptors (Lipinski definition) is 5. The fourth-order valence-electron chi connectivity index (χ4n) is 1.88. The molecule has 0 radical (unpaired) electrons. The van der Waals surface area contributed by atoms with Gasteiger partial charge in [-0.1, -0.05) is 0 Å². The van der Waals surface area contributed by atoms with Gasteiger partial charge in [0.05, 0.1) is 4.47 Å². The minimum Gasteiger partial charge on any atom is -0.345 e. The highest BCUT2D eigenvalue weighted by atomic mass is 79.9. The zero-order valence-electron chi connectivity index (χ0n) is 9.43. The van der Waals surface area contributed by atoms with Gasteiger partial charge in [-0.25, -0.2) is 9.50 Å². The SMILES string of the molecule is O=C(NC1CCNC1)c1nc2ncc(Br)cn2n1. The van der Waals surface area contributed by atoms with E-state index in [4.69, 9.17) is 0 Å². The van der Waals surface area contributed by atoms with Crippen LogP contribution in [-0.4, -0.2) is 44.6 Å². The van der Waals surface area contributed by atoms with Crippen molar-refractivity contribution in [2.75, 3.05) is 13.1 Å². The highest BCUT2D eigenvalue weighted by Crippen LogP contribution is 2.08. The second kappa shape index (κ2) is 4.62. The second-order valence-electron chi connectivity index (χ2n) is 4.12. The number of amides is 1. The molecular weight excluding hydrogens is 300 g/mol. The number of rotatable bonds is 2. The van der Waals surface area contributed by atoms with E-state index in [1.807, 2.05) is 0 Å². The number of carbonyl (C=O) groups is 1. The number of nitrogens with zero attached hydrogens (tertiary/aromatic N) is 4. The van der Waals surface area contributed by atoms with Gasteiger partial charge in [-0.05, 0) is 28.9 Å². The molecular formula is C10H11BrN6O. The molecule has 0 spiro atoms. The molecule has 3 rings (SSSR count). The molecule has 0 bridgehead atoms. The number of carbonyl (C=O) groups excluding carboxylic acids is 1. The van der Waals surface area contributed by atoms with Crippen molar-refractivity contribution in [1.82, 2.24) is 30.2 Å². The van der Waals surface area contributed by atoms with Crippen molar-refractivity contribution < 1.29 is 4.79 Å². The largest absolute Gasteiger partial charge is 0.345 e. The second-order valence-corrected chi connectivity index (χ2v) is 5.03. The third-order valence-electron chi connectivity index (χ3n) is 2.76. The first-order valence-electron chi connectivity index (χ1n) is 5.62. The molecule has 3 heterocycles. The van der Waals surface area contributed by atoms with E-state index in [1.54, 1.807) is 12.4 Å². The van der Waals surface area contributed by atoms with Crippen LogP contribution in [0.1, 0.15) is 17.0 Å². The van der Waals surface area contributed by atoms with Crippen LogP contribution in [0.3, 0.4) is 0 Å². The first kappa shape index (κ1) is 11.5. The van der Waals surface area contributed by atoms with Crippen LogP contribution < -0.4 is 10.6 Å². The maximum atomic E-state index is 11.9. The average molecular weight is 311 g/mol. The molecule has 1 atom stereocenters. The molecule has 2 aromatic heterocycles. The molecule has 1 aliphatic rings. The summed E-state index contributed by atoms with van der Waals surface area (Å²) in [5, 5.41) is 10.2. The van der Waals surface area contributed by atoms with Gasteiger partial charge in [-0.3, -0.25) is 4.79 Å². The molecule has 2 N–H and O–H groups in total. The van der Waals surface area contributed by atoms with E-state index in [0.717, 1.165) is 24.0 Å². The minimum atomic E-state index is -0.259. The summed E-state index contributed by atoms with van der Waals surface area (Å²) in [6.45, 7) is 1.72. The van der Waals surface area contributed by atoms with Crippen molar-refractivity contribution >= 4 is 27.6 Å². The van der Waals surface area contributed by atoms with E-state index in [0.29, 0.717) is 5.78 Å². The van der Waals surface area contributed by atoms with Crippen LogP contribution in [0.5, 0.6) is 0 Å². The quantitative estimate of drug-likeness (QED) is 0.814. The van der Waals surface area contributed by atoms with Crippen molar-refractivity contribution in [2.24, 2.45) is 0 Å². The van der Waals surface area contributed by atoms with Crippen molar-refractivity contribution in [3.8, 4) is 0 Å². The zero-order valence-corrected chi connectivity index (χ0v) is 11.0. The predicted octanol–water partition coefficient (Wildman–Crippen LogP) is -0.0215. The maximum Gasteiger partial charge on any atom is 0.291 e.